The Kier molecular flexibility index (Phi) is 4.40. The average Bonchev–Trinajstić information content (AvgIpc) is 2.16. The predicted octanol–water partition coefficient (Wildman–Crippen LogP) is 1.72. The number of aromatic nitrogens is 1. The van der Waals surface area contributed by atoms with Crippen LogP contribution in [-0.4, -0.2) is 25.1 Å². The molecule has 0 saturated heterocycles. The Bertz CT molecular complexity index is 264. The summed E-state index contributed by atoms with van der Waals surface area (Å²) in [7, 11) is 1.98. The third-order valence-corrected chi connectivity index (χ3v) is 2.23. The molecule has 1 rings (SSSR count). The van der Waals surface area contributed by atoms with Gasteiger partial charge >= 0.3 is 0 Å². The van der Waals surface area contributed by atoms with Gasteiger partial charge in [-0.3, -0.25) is 4.98 Å². The fourth-order valence-electron chi connectivity index (χ4n) is 1.46. The highest BCUT2D eigenvalue weighted by Gasteiger charge is 2.00. The number of pyridine rings is 1. The van der Waals surface area contributed by atoms with Crippen LogP contribution in [-0.2, 0) is 0 Å². The first kappa shape index (κ1) is 11.0. The first-order valence-corrected chi connectivity index (χ1v) is 5.05. The van der Waals surface area contributed by atoms with E-state index in [1.165, 1.54) is 16.8 Å². The number of hydrogen-bond acceptors (Lipinski definition) is 3. The minimum absolute atomic E-state index is 1.01. The average molecular weight is 193 g/mol. The van der Waals surface area contributed by atoms with Gasteiger partial charge in [-0.2, -0.15) is 0 Å². The number of nitrogens with one attached hydrogen (secondary N) is 2. The fourth-order valence-corrected chi connectivity index (χ4v) is 1.46. The normalized spacial score (nSPS) is 10.2. The maximum absolute atomic E-state index is 4.14. The molecule has 0 radical (unpaired) electrons. The molecular formula is C11H19N3. The van der Waals surface area contributed by atoms with Gasteiger partial charge in [-0.25, -0.2) is 0 Å². The van der Waals surface area contributed by atoms with E-state index in [9.17, 15) is 0 Å². The maximum atomic E-state index is 4.14. The van der Waals surface area contributed by atoms with E-state index in [-0.39, 0.29) is 0 Å². The summed E-state index contributed by atoms with van der Waals surface area (Å²) in [5.41, 5.74) is 3.67. The van der Waals surface area contributed by atoms with Crippen molar-refractivity contribution in [1.82, 2.24) is 10.3 Å². The van der Waals surface area contributed by atoms with Crippen molar-refractivity contribution in [3.8, 4) is 0 Å². The summed E-state index contributed by atoms with van der Waals surface area (Å²) < 4.78 is 0. The molecule has 0 bridgehead atoms. The molecule has 0 atom stereocenters. The molecule has 78 valence electrons. The lowest BCUT2D eigenvalue weighted by atomic mass is 10.2. The van der Waals surface area contributed by atoms with Crippen LogP contribution in [0, 0.1) is 13.8 Å². The van der Waals surface area contributed by atoms with E-state index >= 15 is 0 Å². The van der Waals surface area contributed by atoms with Crippen molar-refractivity contribution >= 4 is 5.69 Å². The molecule has 1 aromatic rings. The molecule has 0 aliphatic rings. The Morgan fingerprint density at radius 2 is 1.79 bits per heavy atom. The van der Waals surface area contributed by atoms with E-state index < -0.39 is 0 Å². The van der Waals surface area contributed by atoms with Crippen molar-refractivity contribution in [2.45, 2.75) is 20.3 Å². The van der Waals surface area contributed by atoms with Crippen LogP contribution in [0.3, 0.4) is 0 Å². The number of nitrogens with zero attached hydrogens (tertiary/aromatic N) is 1. The lowest BCUT2D eigenvalue weighted by molar-refractivity contribution is 0.747. The molecule has 0 saturated carbocycles. The van der Waals surface area contributed by atoms with Crippen molar-refractivity contribution in [3.63, 3.8) is 0 Å². The molecule has 2 N–H and O–H groups in total. The highest BCUT2D eigenvalue weighted by Crippen LogP contribution is 2.17. The van der Waals surface area contributed by atoms with Gasteiger partial charge in [0.15, 0.2) is 0 Å². The van der Waals surface area contributed by atoms with Crippen LogP contribution >= 0.6 is 0 Å². The van der Waals surface area contributed by atoms with Crippen molar-refractivity contribution in [2.24, 2.45) is 0 Å². The van der Waals surface area contributed by atoms with E-state index in [0.717, 1.165) is 19.5 Å². The molecule has 0 fully saturated rings. The van der Waals surface area contributed by atoms with E-state index in [4.69, 9.17) is 0 Å². The molecule has 3 nitrogen and oxygen atoms in total. The van der Waals surface area contributed by atoms with Crippen LogP contribution < -0.4 is 10.6 Å². The summed E-state index contributed by atoms with van der Waals surface area (Å²) in [6.45, 7) is 6.23. The van der Waals surface area contributed by atoms with Crippen molar-refractivity contribution in [3.05, 3.63) is 23.5 Å². The predicted molar refractivity (Wildman–Crippen MR) is 60.7 cm³/mol. The van der Waals surface area contributed by atoms with Crippen LogP contribution in [0.4, 0.5) is 5.69 Å². The van der Waals surface area contributed by atoms with Gasteiger partial charge in [-0.15, -0.1) is 0 Å². The molecule has 3 heteroatoms. The zero-order valence-corrected chi connectivity index (χ0v) is 9.22. The Morgan fingerprint density at radius 3 is 2.36 bits per heavy atom. The van der Waals surface area contributed by atoms with Gasteiger partial charge in [0.1, 0.15) is 0 Å². The lowest BCUT2D eigenvalue weighted by Crippen LogP contribution is -2.13. The third-order valence-electron chi connectivity index (χ3n) is 2.23. The Morgan fingerprint density at radius 1 is 1.14 bits per heavy atom. The molecular weight excluding hydrogens is 174 g/mol. The second kappa shape index (κ2) is 5.60. The SMILES string of the molecule is CNCCCNc1c(C)cncc1C. The van der Waals surface area contributed by atoms with Gasteiger partial charge in [-0.1, -0.05) is 0 Å². The summed E-state index contributed by atoms with van der Waals surface area (Å²) in [4.78, 5) is 4.14. The summed E-state index contributed by atoms with van der Waals surface area (Å²) in [6.07, 6.45) is 4.93. The highest BCUT2D eigenvalue weighted by atomic mass is 14.9. The van der Waals surface area contributed by atoms with Gasteiger partial charge in [0, 0.05) is 24.6 Å². The minimum Gasteiger partial charge on any atom is -0.384 e. The quantitative estimate of drug-likeness (QED) is 0.699. The van der Waals surface area contributed by atoms with Gasteiger partial charge in [0.2, 0.25) is 0 Å². The first-order chi connectivity index (χ1) is 6.75. The molecule has 0 aliphatic carbocycles. The van der Waals surface area contributed by atoms with Crippen molar-refractivity contribution in [2.75, 3.05) is 25.5 Å². The van der Waals surface area contributed by atoms with E-state index in [2.05, 4.69) is 29.5 Å². The van der Waals surface area contributed by atoms with Crippen molar-refractivity contribution in [1.29, 1.82) is 0 Å². The van der Waals surface area contributed by atoms with Gasteiger partial charge in [0.05, 0.1) is 0 Å². The van der Waals surface area contributed by atoms with E-state index in [1.807, 2.05) is 19.4 Å². The second-order valence-corrected chi connectivity index (χ2v) is 3.53. The standard InChI is InChI=1S/C11H19N3/c1-9-7-13-8-10(2)11(9)14-6-4-5-12-3/h7-8,12H,4-6H2,1-3H3,(H,13,14). The summed E-state index contributed by atoms with van der Waals surface area (Å²) in [5.74, 6) is 0. The molecule has 0 spiro atoms. The topological polar surface area (TPSA) is 37.0 Å². The Balaban J connectivity index is 2.49. The van der Waals surface area contributed by atoms with Crippen LogP contribution in [0.15, 0.2) is 12.4 Å². The van der Waals surface area contributed by atoms with Gasteiger partial charge in [0.25, 0.3) is 0 Å². The third kappa shape index (κ3) is 3.00. The molecule has 1 aromatic heterocycles. The lowest BCUT2D eigenvalue weighted by Gasteiger charge is -2.11. The van der Waals surface area contributed by atoms with Gasteiger partial charge < -0.3 is 10.6 Å². The van der Waals surface area contributed by atoms with Crippen LogP contribution in [0.5, 0.6) is 0 Å². The summed E-state index contributed by atoms with van der Waals surface area (Å²) >= 11 is 0. The Labute approximate surface area is 85.9 Å². The highest BCUT2D eigenvalue weighted by molar-refractivity contribution is 5.54. The molecule has 1 heterocycles. The van der Waals surface area contributed by atoms with E-state index in [0.29, 0.717) is 0 Å². The van der Waals surface area contributed by atoms with Crippen LogP contribution in [0.1, 0.15) is 17.5 Å². The number of rotatable bonds is 5. The Hall–Kier alpha value is -1.09. The van der Waals surface area contributed by atoms with E-state index in [1.54, 1.807) is 0 Å². The fraction of sp³-hybridized carbons (Fsp3) is 0.545. The van der Waals surface area contributed by atoms with Crippen LogP contribution in [0.2, 0.25) is 0 Å². The molecule has 0 aromatic carbocycles. The van der Waals surface area contributed by atoms with Gasteiger partial charge in [-0.05, 0) is 45.0 Å². The largest absolute Gasteiger partial charge is 0.384 e. The maximum Gasteiger partial charge on any atom is 0.0430 e. The smallest absolute Gasteiger partial charge is 0.0430 e. The molecule has 0 aliphatic heterocycles. The number of aryl methyl sites for hydroxylation is 2. The summed E-state index contributed by atoms with van der Waals surface area (Å²) in [6, 6.07) is 0. The zero-order valence-electron chi connectivity index (χ0n) is 9.22. The minimum atomic E-state index is 1.01. The summed E-state index contributed by atoms with van der Waals surface area (Å²) in [5, 5.41) is 6.57. The molecule has 0 amide bonds. The second-order valence-electron chi connectivity index (χ2n) is 3.53. The molecule has 14 heavy (non-hydrogen) atoms. The number of hydrogen-bond donors (Lipinski definition) is 2. The number of anilines is 1. The molecule has 0 unspecified atom stereocenters. The first-order valence-electron chi connectivity index (χ1n) is 5.05. The van der Waals surface area contributed by atoms with Crippen molar-refractivity contribution < 1.29 is 0 Å². The monoisotopic (exact) mass is 193 g/mol. The van der Waals surface area contributed by atoms with Crippen LogP contribution in [0.25, 0.3) is 0 Å². The zero-order chi connectivity index (χ0) is 10.4.